The van der Waals surface area contributed by atoms with Crippen molar-refractivity contribution < 1.29 is 14.3 Å². The molecule has 3 aromatic carbocycles. The van der Waals surface area contributed by atoms with Crippen molar-refractivity contribution in [2.24, 2.45) is 0 Å². The molecule has 0 saturated heterocycles. The Bertz CT molecular complexity index is 1250. The summed E-state index contributed by atoms with van der Waals surface area (Å²) in [5.41, 5.74) is 5.94. The highest BCUT2D eigenvalue weighted by molar-refractivity contribution is 7.98. The highest BCUT2D eigenvalue weighted by Gasteiger charge is 2.36. The van der Waals surface area contributed by atoms with Crippen LogP contribution in [0.5, 0.6) is 11.5 Å². The van der Waals surface area contributed by atoms with Gasteiger partial charge in [0.05, 0.1) is 31.6 Å². The Kier molecular flexibility index (Phi) is 6.24. The average molecular weight is 473 g/mol. The molecule has 34 heavy (non-hydrogen) atoms. The molecule has 3 aromatic rings. The largest absolute Gasteiger partial charge is 0.493 e. The predicted molar refractivity (Wildman–Crippen MR) is 138 cm³/mol. The van der Waals surface area contributed by atoms with Gasteiger partial charge >= 0.3 is 0 Å². The normalized spacial score (nSPS) is 19.3. The van der Waals surface area contributed by atoms with Crippen molar-refractivity contribution >= 4 is 28.9 Å². The van der Waals surface area contributed by atoms with Gasteiger partial charge in [-0.1, -0.05) is 30.3 Å². The van der Waals surface area contributed by atoms with Crippen molar-refractivity contribution in [1.82, 2.24) is 0 Å². The minimum absolute atomic E-state index is 0.0586. The molecule has 2 atom stereocenters. The average Bonchev–Trinajstić information content (AvgIpc) is 3.05. The number of benzene rings is 3. The number of carbonyl (C=O) groups excluding carboxylic acids is 1. The van der Waals surface area contributed by atoms with E-state index >= 15 is 0 Å². The van der Waals surface area contributed by atoms with E-state index in [1.165, 1.54) is 4.90 Å². The van der Waals surface area contributed by atoms with E-state index in [-0.39, 0.29) is 17.7 Å². The molecule has 5 rings (SSSR count). The van der Waals surface area contributed by atoms with Crippen LogP contribution in [0.1, 0.15) is 35.9 Å². The number of methoxy groups -OCH3 is 2. The van der Waals surface area contributed by atoms with Gasteiger partial charge in [0.2, 0.25) is 0 Å². The molecule has 0 radical (unpaired) electrons. The number of allylic oxidation sites excluding steroid dienone is 1. The fourth-order valence-electron chi connectivity index (χ4n) is 4.88. The van der Waals surface area contributed by atoms with Crippen LogP contribution in [0.15, 0.2) is 82.9 Å². The molecule has 174 valence electrons. The zero-order chi connectivity index (χ0) is 23.7. The highest BCUT2D eigenvalue weighted by Crippen LogP contribution is 2.45. The number of para-hydroxylation sites is 2. The van der Waals surface area contributed by atoms with Gasteiger partial charge in [0, 0.05) is 22.6 Å². The van der Waals surface area contributed by atoms with Crippen LogP contribution >= 0.6 is 11.8 Å². The number of rotatable bonds is 5. The summed E-state index contributed by atoms with van der Waals surface area (Å²) in [4.78, 5) is 14.9. The smallest absolute Gasteiger partial charge is 0.163 e. The molecule has 0 fully saturated rings. The Morgan fingerprint density at radius 1 is 0.853 bits per heavy atom. The van der Waals surface area contributed by atoms with Crippen molar-refractivity contribution in [3.63, 3.8) is 0 Å². The molecule has 0 saturated carbocycles. The molecule has 1 aliphatic carbocycles. The standard InChI is InChI=1S/C28H28N2O3S/c1-32-25-13-10-18(16-26(25)33-2)19-14-23-27(24(31)15-19)28(17-8-11-20(34-3)12-9-17)30-22-7-5-4-6-21(22)29-23/h4-13,16,19,28-30H,14-15H2,1-3H3/t19-,28-/m1/s1. The van der Waals surface area contributed by atoms with Crippen molar-refractivity contribution in [2.75, 3.05) is 31.1 Å². The monoisotopic (exact) mass is 472 g/mol. The zero-order valence-electron chi connectivity index (χ0n) is 19.6. The number of ether oxygens (including phenoxy) is 2. The Labute approximate surface area is 204 Å². The minimum Gasteiger partial charge on any atom is -0.493 e. The number of hydrogen-bond donors (Lipinski definition) is 2. The fraction of sp³-hybridized carbons (Fsp3) is 0.250. The van der Waals surface area contributed by atoms with Gasteiger partial charge in [-0.25, -0.2) is 0 Å². The number of thioether (sulfide) groups is 1. The first-order valence-electron chi connectivity index (χ1n) is 11.4. The van der Waals surface area contributed by atoms with Crippen molar-refractivity contribution in [3.8, 4) is 11.5 Å². The maximum Gasteiger partial charge on any atom is 0.163 e. The summed E-state index contributed by atoms with van der Waals surface area (Å²) in [6.45, 7) is 0. The summed E-state index contributed by atoms with van der Waals surface area (Å²) >= 11 is 1.71. The van der Waals surface area contributed by atoms with E-state index in [9.17, 15) is 4.79 Å². The van der Waals surface area contributed by atoms with Crippen LogP contribution in [0, 0.1) is 0 Å². The molecule has 6 heteroatoms. The number of hydrogen-bond acceptors (Lipinski definition) is 6. The van der Waals surface area contributed by atoms with Crippen LogP contribution in [0.4, 0.5) is 11.4 Å². The van der Waals surface area contributed by atoms with Gasteiger partial charge in [0.15, 0.2) is 17.3 Å². The van der Waals surface area contributed by atoms with E-state index in [2.05, 4.69) is 53.3 Å². The lowest BCUT2D eigenvalue weighted by Gasteiger charge is -2.30. The first-order chi connectivity index (χ1) is 16.6. The molecule has 0 spiro atoms. The maximum absolute atomic E-state index is 13.7. The van der Waals surface area contributed by atoms with Crippen LogP contribution in [0.2, 0.25) is 0 Å². The summed E-state index contributed by atoms with van der Waals surface area (Å²) in [5, 5.41) is 7.25. The van der Waals surface area contributed by atoms with Gasteiger partial charge in [0.1, 0.15) is 0 Å². The molecule has 2 aliphatic rings. The Morgan fingerprint density at radius 3 is 2.26 bits per heavy atom. The molecule has 2 N–H and O–H groups in total. The lowest BCUT2D eigenvalue weighted by atomic mass is 9.78. The number of carbonyl (C=O) groups is 1. The van der Waals surface area contributed by atoms with Crippen LogP contribution < -0.4 is 20.1 Å². The molecule has 0 unspecified atom stereocenters. The summed E-state index contributed by atoms with van der Waals surface area (Å²) in [5.74, 6) is 1.59. The second-order valence-corrected chi connectivity index (χ2v) is 9.44. The number of ketones is 1. The highest BCUT2D eigenvalue weighted by atomic mass is 32.2. The van der Waals surface area contributed by atoms with Gasteiger partial charge in [-0.3, -0.25) is 4.79 Å². The lowest BCUT2D eigenvalue weighted by Crippen LogP contribution is -2.26. The van der Waals surface area contributed by atoms with Crippen LogP contribution in [-0.2, 0) is 4.79 Å². The van der Waals surface area contributed by atoms with Gasteiger partial charge in [-0.05, 0) is 66.1 Å². The number of anilines is 2. The van der Waals surface area contributed by atoms with E-state index in [0.717, 1.165) is 40.2 Å². The van der Waals surface area contributed by atoms with Gasteiger partial charge in [-0.15, -0.1) is 11.8 Å². The Balaban J connectivity index is 1.56. The van der Waals surface area contributed by atoms with Crippen molar-refractivity contribution in [3.05, 3.63) is 89.1 Å². The third-order valence-corrected chi connectivity index (χ3v) is 7.38. The Morgan fingerprint density at radius 2 is 1.56 bits per heavy atom. The minimum atomic E-state index is -0.207. The molecule has 1 aliphatic heterocycles. The predicted octanol–water partition coefficient (Wildman–Crippen LogP) is 6.41. The van der Waals surface area contributed by atoms with Gasteiger partial charge in [-0.2, -0.15) is 0 Å². The van der Waals surface area contributed by atoms with E-state index in [1.807, 2.05) is 30.3 Å². The van der Waals surface area contributed by atoms with Crippen LogP contribution in [0.3, 0.4) is 0 Å². The molecule has 1 heterocycles. The van der Waals surface area contributed by atoms with E-state index < -0.39 is 0 Å². The first-order valence-corrected chi connectivity index (χ1v) is 12.6. The summed E-state index contributed by atoms with van der Waals surface area (Å²) in [7, 11) is 3.27. The van der Waals surface area contributed by atoms with Gasteiger partial charge < -0.3 is 20.1 Å². The van der Waals surface area contributed by atoms with Crippen LogP contribution in [0.25, 0.3) is 0 Å². The maximum atomic E-state index is 13.7. The number of nitrogens with one attached hydrogen (secondary N) is 2. The lowest BCUT2D eigenvalue weighted by molar-refractivity contribution is -0.116. The molecule has 0 amide bonds. The molecular weight excluding hydrogens is 444 g/mol. The van der Waals surface area contributed by atoms with Crippen molar-refractivity contribution in [2.45, 2.75) is 29.7 Å². The molecule has 0 aromatic heterocycles. The second-order valence-electron chi connectivity index (χ2n) is 8.56. The van der Waals surface area contributed by atoms with Crippen molar-refractivity contribution in [1.29, 1.82) is 0 Å². The molecule has 0 bridgehead atoms. The SMILES string of the molecule is COc1ccc([C@H]2CC(=O)C3=C(C2)Nc2ccccc2N[C@@H]3c2ccc(SC)cc2)cc1OC. The summed E-state index contributed by atoms with van der Waals surface area (Å²) in [6, 6.07) is 22.3. The fourth-order valence-corrected chi connectivity index (χ4v) is 5.29. The van der Waals surface area contributed by atoms with E-state index in [4.69, 9.17) is 9.47 Å². The molecular formula is C28H28N2O3S. The second kappa shape index (κ2) is 9.47. The Hall–Kier alpha value is -3.38. The van der Waals surface area contributed by atoms with Gasteiger partial charge in [0.25, 0.3) is 0 Å². The quantitative estimate of drug-likeness (QED) is 0.419. The molecule has 5 nitrogen and oxygen atoms in total. The zero-order valence-corrected chi connectivity index (χ0v) is 20.4. The van der Waals surface area contributed by atoms with Crippen LogP contribution in [-0.4, -0.2) is 26.3 Å². The summed E-state index contributed by atoms with van der Waals surface area (Å²) < 4.78 is 10.9. The van der Waals surface area contributed by atoms with E-state index in [1.54, 1.807) is 26.0 Å². The number of fused-ring (bicyclic) bond motifs is 1. The first kappa shape index (κ1) is 22.4. The summed E-state index contributed by atoms with van der Waals surface area (Å²) in [6.07, 6.45) is 3.26. The topological polar surface area (TPSA) is 59.6 Å². The third-order valence-electron chi connectivity index (χ3n) is 6.64. The third kappa shape index (κ3) is 4.14. The van der Waals surface area contributed by atoms with E-state index in [0.29, 0.717) is 17.9 Å². The number of Topliss-reactive ketones (excluding diaryl/α,β-unsaturated/α-hetero) is 1.